The van der Waals surface area contributed by atoms with Gasteiger partial charge >= 0.3 is 6.03 Å². The summed E-state index contributed by atoms with van der Waals surface area (Å²) in [6.07, 6.45) is 0. The van der Waals surface area contributed by atoms with E-state index in [0.29, 0.717) is 37.5 Å². The van der Waals surface area contributed by atoms with E-state index < -0.39 is 0 Å². The molecule has 0 aromatic heterocycles. The molecule has 0 spiro atoms. The van der Waals surface area contributed by atoms with Crippen LogP contribution < -0.4 is 15.4 Å². The summed E-state index contributed by atoms with van der Waals surface area (Å²) in [6.45, 7) is 5.77. The van der Waals surface area contributed by atoms with Gasteiger partial charge in [-0.3, -0.25) is 4.79 Å². The van der Waals surface area contributed by atoms with E-state index in [1.807, 2.05) is 50.2 Å². The Labute approximate surface area is 153 Å². The van der Waals surface area contributed by atoms with Gasteiger partial charge < -0.3 is 20.3 Å². The maximum Gasteiger partial charge on any atom is 0.319 e. The van der Waals surface area contributed by atoms with Crippen LogP contribution in [-0.4, -0.2) is 36.5 Å². The molecule has 0 radical (unpaired) electrons. The van der Waals surface area contributed by atoms with Gasteiger partial charge in [-0.1, -0.05) is 17.7 Å². The number of urea groups is 1. The number of aryl methyl sites for hydroxylation is 1. The maximum atomic E-state index is 12.9. The van der Waals surface area contributed by atoms with Crippen LogP contribution in [0.2, 0.25) is 0 Å². The number of ether oxygens (including phenoxy) is 1. The molecule has 2 aromatic carbocycles. The van der Waals surface area contributed by atoms with Crippen LogP contribution in [0.1, 0.15) is 28.4 Å². The largest absolute Gasteiger partial charge is 0.491 e. The Morgan fingerprint density at radius 2 is 2.04 bits per heavy atom. The van der Waals surface area contributed by atoms with Gasteiger partial charge in [-0.25, -0.2) is 4.79 Å². The zero-order chi connectivity index (χ0) is 18.5. The van der Waals surface area contributed by atoms with Crippen molar-refractivity contribution in [2.24, 2.45) is 0 Å². The maximum absolute atomic E-state index is 12.9. The highest BCUT2D eigenvalue weighted by Crippen LogP contribution is 2.27. The van der Waals surface area contributed by atoms with Crippen molar-refractivity contribution in [3.63, 3.8) is 0 Å². The molecule has 1 aliphatic heterocycles. The standard InChI is InChI=1S/C20H23N3O3/c1-3-21-20(25)22-17-7-8-18-16(12-17)13-23(9-10-26-18)19(24)15-6-4-5-14(2)11-15/h4-8,11-12H,3,9-10,13H2,1-2H3,(H2,21,22,25). The summed E-state index contributed by atoms with van der Waals surface area (Å²) < 4.78 is 5.77. The van der Waals surface area contributed by atoms with E-state index in [1.165, 1.54) is 0 Å². The molecule has 0 unspecified atom stereocenters. The molecule has 3 rings (SSSR count). The number of hydrogen-bond acceptors (Lipinski definition) is 3. The van der Waals surface area contributed by atoms with Crippen LogP contribution in [0.5, 0.6) is 5.75 Å². The molecule has 0 fully saturated rings. The average Bonchev–Trinajstić information content (AvgIpc) is 2.83. The molecular formula is C20H23N3O3. The van der Waals surface area contributed by atoms with Crippen LogP contribution in [0.15, 0.2) is 42.5 Å². The first-order valence-corrected chi connectivity index (χ1v) is 8.73. The third kappa shape index (κ3) is 4.14. The topological polar surface area (TPSA) is 70.7 Å². The monoisotopic (exact) mass is 353 g/mol. The molecule has 1 heterocycles. The summed E-state index contributed by atoms with van der Waals surface area (Å²) >= 11 is 0. The molecule has 0 aliphatic carbocycles. The van der Waals surface area contributed by atoms with Gasteiger partial charge in [0.15, 0.2) is 0 Å². The van der Waals surface area contributed by atoms with Crippen LogP contribution in [0.4, 0.5) is 10.5 Å². The number of rotatable bonds is 3. The second-order valence-corrected chi connectivity index (χ2v) is 6.25. The number of fused-ring (bicyclic) bond motifs is 1. The molecule has 0 bridgehead atoms. The second-order valence-electron chi connectivity index (χ2n) is 6.25. The Morgan fingerprint density at radius 1 is 1.19 bits per heavy atom. The number of carbonyl (C=O) groups is 2. The zero-order valence-electron chi connectivity index (χ0n) is 15.0. The van der Waals surface area contributed by atoms with Crippen molar-refractivity contribution < 1.29 is 14.3 Å². The van der Waals surface area contributed by atoms with Crippen LogP contribution in [-0.2, 0) is 6.54 Å². The second kappa shape index (κ2) is 7.91. The number of amides is 3. The number of benzene rings is 2. The van der Waals surface area contributed by atoms with E-state index >= 15 is 0 Å². The average molecular weight is 353 g/mol. The van der Waals surface area contributed by atoms with Crippen LogP contribution in [0, 0.1) is 6.92 Å². The molecule has 0 atom stereocenters. The smallest absolute Gasteiger partial charge is 0.319 e. The van der Waals surface area contributed by atoms with Crippen molar-refractivity contribution in [1.82, 2.24) is 10.2 Å². The lowest BCUT2D eigenvalue weighted by Gasteiger charge is -2.20. The van der Waals surface area contributed by atoms with Crippen molar-refractivity contribution in [3.05, 3.63) is 59.2 Å². The first-order chi connectivity index (χ1) is 12.6. The van der Waals surface area contributed by atoms with E-state index in [0.717, 1.165) is 16.9 Å². The van der Waals surface area contributed by atoms with Crippen molar-refractivity contribution in [1.29, 1.82) is 0 Å². The van der Waals surface area contributed by atoms with Crippen molar-refractivity contribution >= 4 is 17.6 Å². The SMILES string of the molecule is CCNC(=O)Nc1ccc2c(c1)CN(C(=O)c1cccc(C)c1)CCO2. The van der Waals surface area contributed by atoms with E-state index in [9.17, 15) is 9.59 Å². The minimum absolute atomic E-state index is 0.0211. The predicted molar refractivity (Wildman–Crippen MR) is 101 cm³/mol. The highest BCUT2D eigenvalue weighted by atomic mass is 16.5. The van der Waals surface area contributed by atoms with Gasteiger partial charge in [-0.2, -0.15) is 0 Å². The van der Waals surface area contributed by atoms with Gasteiger partial charge in [-0.15, -0.1) is 0 Å². The Morgan fingerprint density at radius 3 is 2.81 bits per heavy atom. The Hall–Kier alpha value is -3.02. The van der Waals surface area contributed by atoms with Gasteiger partial charge in [0.05, 0.1) is 6.54 Å². The minimum atomic E-state index is -0.255. The molecule has 26 heavy (non-hydrogen) atoms. The van der Waals surface area contributed by atoms with Gasteiger partial charge in [0.25, 0.3) is 5.91 Å². The number of carbonyl (C=O) groups excluding carboxylic acids is 2. The predicted octanol–water partition coefficient (Wildman–Crippen LogP) is 3.17. The molecule has 1 aliphatic rings. The molecule has 136 valence electrons. The first-order valence-electron chi connectivity index (χ1n) is 8.73. The molecule has 3 amide bonds. The molecule has 6 heteroatoms. The van der Waals surface area contributed by atoms with E-state index in [1.54, 1.807) is 11.0 Å². The molecule has 0 saturated heterocycles. The lowest BCUT2D eigenvalue weighted by molar-refractivity contribution is 0.0733. The van der Waals surface area contributed by atoms with Crippen LogP contribution in [0.3, 0.4) is 0 Å². The number of hydrogen-bond donors (Lipinski definition) is 2. The fourth-order valence-corrected chi connectivity index (χ4v) is 2.94. The van der Waals surface area contributed by atoms with Crippen LogP contribution in [0.25, 0.3) is 0 Å². The Kier molecular flexibility index (Phi) is 5.41. The lowest BCUT2D eigenvalue weighted by atomic mass is 10.1. The van der Waals surface area contributed by atoms with Crippen molar-refractivity contribution in [2.75, 3.05) is 25.0 Å². The quantitative estimate of drug-likeness (QED) is 0.890. The molecule has 6 nitrogen and oxygen atoms in total. The van der Waals surface area contributed by atoms with E-state index in [2.05, 4.69) is 10.6 Å². The summed E-state index contributed by atoms with van der Waals surface area (Å²) in [5.74, 6) is 0.721. The summed E-state index contributed by atoms with van der Waals surface area (Å²) in [5.41, 5.74) is 3.27. The summed E-state index contributed by atoms with van der Waals surface area (Å²) in [4.78, 5) is 26.3. The lowest BCUT2D eigenvalue weighted by Crippen LogP contribution is -2.32. The summed E-state index contributed by atoms with van der Waals surface area (Å²) in [7, 11) is 0. The van der Waals surface area contributed by atoms with Gasteiger partial charge in [0, 0.05) is 29.9 Å². The number of nitrogens with one attached hydrogen (secondary N) is 2. The third-order valence-electron chi connectivity index (χ3n) is 4.19. The molecular weight excluding hydrogens is 330 g/mol. The fraction of sp³-hybridized carbons (Fsp3) is 0.300. The van der Waals surface area contributed by atoms with Crippen LogP contribution >= 0.6 is 0 Å². The van der Waals surface area contributed by atoms with E-state index in [-0.39, 0.29) is 11.9 Å². The van der Waals surface area contributed by atoms with Gasteiger partial charge in [0.2, 0.25) is 0 Å². The molecule has 0 saturated carbocycles. The normalized spacial score (nSPS) is 13.2. The first kappa shape index (κ1) is 17.8. The van der Waals surface area contributed by atoms with Gasteiger partial charge in [-0.05, 0) is 44.2 Å². The highest BCUT2D eigenvalue weighted by molar-refractivity contribution is 5.94. The van der Waals surface area contributed by atoms with Crippen molar-refractivity contribution in [2.45, 2.75) is 20.4 Å². The molecule has 2 N–H and O–H groups in total. The highest BCUT2D eigenvalue weighted by Gasteiger charge is 2.21. The Bertz CT molecular complexity index is 820. The Balaban J connectivity index is 1.80. The van der Waals surface area contributed by atoms with Crippen molar-refractivity contribution in [3.8, 4) is 5.75 Å². The molecule has 2 aromatic rings. The van der Waals surface area contributed by atoms with Gasteiger partial charge in [0.1, 0.15) is 12.4 Å². The van der Waals surface area contributed by atoms with E-state index in [4.69, 9.17) is 4.74 Å². The number of nitrogens with zero attached hydrogens (tertiary/aromatic N) is 1. The fourth-order valence-electron chi connectivity index (χ4n) is 2.94. The summed E-state index contributed by atoms with van der Waals surface area (Å²) in [5, 5.41) is 5.48. The number of anilines is 1. The summed E-state index contributed by atoms with van der Waals surface area (Å²) in [6, 6.07) is 12.8. The zero-order valence-corrected chi connectivity index (χ0v) is 15.0. The third-order valence-corrected chi connectivity index (χ3v) is 4.19. The minimum Gasteiger partial charge on any atom is -0.491 e.